The van der Waals surface area contributed by atoms with E-state index in [1.807, 2.05) is 13.8 Å². The first-order valence-electron chi connectivity index (χ1n) is 6.88. The van der Waals surface area contributed by atoms with E-state index in [4.69, 9.17) is 4.74 Å². The van der Waals surface area contributed by atoms with E-state index >= 15 is 0 Å². The van der Waals surface area contributed by atoms with Crippen molar-refractivity contribution >= 4 is 5.97 Å². The van der Waals surface area contributed by atoms with Crippen molar-refractivity contribution in [3.63, 3.8) is 0 Å². The summed E-state index contributed by atoms with van der Waals surface area (Å²) in [7, 11) is 0. The van der Waals surface area contributed by atoms with Crippen LogP contribution in [0.4, 0.5) is 0 Å². The first-order chi connectivity index (χ1) is 7.96. The van der Waals surface area contributed by atoms with Crippen molar-refractivity contribution in [2.75, 3.05) is 13.2 Å². The van der Waals surface area contributed by atoms with Gasteiger partial charge in [0.2, 0.25) is 0 Å². The third-order valence-electron chi connectivity index (χ3n) is 2.91. The van der Waals surface area contributed by atoms with Crippen molar-refractivity contribution in [1.82, 2.24) is 5.32 Å². The van der Waals surface area contributed by atoms with Crippen LogP contribution in [-0.2, 0) is 9.53 Å². The number of carbonyl (C=O) groups is 1. The van der Waals surface area contributed by atoms with Crippen LogP contribution in [0, 0.1) is 5.92 Å². The second-order valence-electron chi connectivity index (χ2n) is 5.28. The van der Waals surface area contributed by atoms with Crippen molar-refractivity contribution in [3.05, 3.63) is 0 Å². The average Bonchev–Trinajstić information content (AvgIpc) is 2.27. The van der Waals surface area contributed by atoms with Crippen molar-refractivity contribution < 1.29 is 9.53 Å². The number of hydrogen-bond acceptors (Lipinski definition) is 3. The van der Waals surface area contributed by atoms with E-state index in [2.05, 4.69) is 26.1 Å². The van der Waals surface area contributed by atoms with Crippen molar-refractivity contribution in [3.8, 4) is 0 Å². The van der Waals surface area contributed by atoms with E-state index < -0.39 is 5.54 Å². The predicted molar refractivity (Wildman–Crippen MR) is 72.0 cm³/mol. The zero-order valence-electron chi connectivity index (χ0n) is 12.1. The average molecular weight is 243 g/mol. The second kappa shape index (κ2) is 8.51. The smallest absolute Gasteiger partial charge is 0.326 e. The zero-order chi connectivity index (χ0) is 13.3. The molecule has 0 amide bonds. The van der Waals surface area contributed by atoms with E-state index in [0.29, 0.717) is 12.5 Å². The van der Waals surface area contributed by atoms with Gasteiger partial charge in [-0.2, -0.15) is 0 Å². The molecule has 1 unspecified atom stereocenters. The molecule has 0 rings (SSSR count). The maximum Gasteiger partial charge on any atom is 0.326 e. The molecule has 0 saturated heterocycles. The van der Waals surface area contributed by atoms with Crippen LogP contribution in [0.5, 0.6) is 0 Å². The Morgan fingerprint density at radius 2 is 1.94 bits per heavy atom. The lowest BCUT2D eigenvalue weighted by atomic mass is 9.93. The van der Waals surface area contributed by atoms with Gasteiger partial charge >= 0.3 is 5.97 Å². The summed E-state index contributed by atoms with van der Waals surface area (Å²) in [4.78, 5) is 12.0. The molecule has 0 bridgehead atoms. The van der Waals surface area contributed by atoms with Crippen LogP contribution in [0.15, 0.2) is 0 Å². The van der Waals surface area contributed by atoms with E-state index in [0.717, 1.165) is 19.4 Å². The van der Waals surface area contributed by atoms with Crippen molar-refractivity contribution in [2.45, 2.75) is 65.8 Å². The summed E-state index contributed by atoms with van der Waals surface area (Å²) in [5, 5.41) is 3.36. The van der Waals surface area contributed by atoms with Gasteiger partial charge in [-0.1, -0.05) is 40.0 Å². The van der Waals surface area contributed by atoms with Crippen LogP contribution in [-0.4, -0.2) is 24.7 Å². The van der Waals surface area contributed by atoms with Gasteiger partial charge in [-0.15, -0.1) is 0 Å². The van der Waals surface area contributed by atoms with Crippen LogP contribution < -0.4 is 5.32 Å². The summed E-state index contributed by atoms with van der Waals surface area (Å²) in [6.45, 7) is 11.6. The highest BCUT2D eigenvalue weighted by atomic mass is 16.5. The standard InChI is InChI=1S/C14H29NO2/c1-6-8-9-10-14(5,13(16)17-7-2)15-11-12(3)4/h12,15H,6-11H2,1-5H3. The molecule has 3 heteroatoms. The quantitative estimate of drug-likeness (QED) is 0.499. The fourth-order valence-electron chi connectivity index (χ4n) is 1.71. The third kappa shape index (κ3) is 6.67. The first-order valence-corrected chi connectivity index (χ1v) is 6.88. The Morgan fingerprint density at radius 3 is 2.41 bits per heavy atom. The van der Waals surface area contributed by atoms with E-state index in [1.165, 1.54) is 12.8 Å². The van der Waals surface area contributed by atoms with E-state index in [-0.39, 0.29) is 5.97 Å². The molecule has 0 fully saturated rings. The SMILES string of the molecule is CCCCCC(C)(NCC(C)C)C(=O)OCC. The topological polar surface area (TPSA) is 38.3 Å². The lowest BCUT2D eigenvalue weighted by molar-refractivity contribution is -0.151. The molecule has 0 aliphatic carbocycles. The number of ether oxygens (including phenoxy) is 1. The zero-order valence-corrected chi connectivity index (χ0v) is 12.1. The minimum atomic E-state index is -0.518. The summed E-state index contributed by atoms with van der Waals surface area (Å²) in [5.41, 5.74) is -0.518. The van der Waals surface area contributed by atoms with Crippen LogP contribution >= 0.6 is 0 Å². The van der Waals surface area contributed by atoms with Crippen molar-refractivity contribution in [2.24, 2.45) is 5.92 Å². The summed E-state index contributed by atoms with van der Waals surface area (Å²) >= 11 is 0. The van der Waals surface area contributed by atoms with Gasteiger partial charge in [0.05, 0.1) is 6.61 Å². The Hall–Kier alpha value is -0.570. The van der Waals surface area contributed by atoms with Gasteiger partial charge in [0, 0.05) is 0 Å². The fraction of sp³-hybridized carbons (Fsp3) is 0.929. The number of rotatable bonds is 9. The molecular weight excluding hydrogens is 214 g/mol. The second-order valence-corrected chi connectivity index (χ2v) is 5.28. The molecule has 102 valence electrons. The van der Waals surface area contributed by atoms with Gasteiger partial charge < -0.3 is 10.1 Å². The highest BCUT2D eigenvalue weighted by Gasteiger charge is 2.33. The van der Waals surface area contributed by atoms with Crippen LogP contribution in [0.3, 0.4) is 0 Å². The molecule has 0 aromatic rings. The highest BCUT2D eigenvalue weighted by molar-refractivity contribution is 5.80. The van der Waals surface area contributed by atoms with Crippen LogP contribution in [0.25, 0.3) is 0 Å². The molecule has 0 radical (unpaired) electrons. The summed E-state index contributed by atoms with van der Waals surface area (Å²) < 4.78 is 5.17. The van der Waals surface area contributed by atoms with Crippen LogP contribution in [0.1, 0.15) is 60.3 Å². The van der Waals surface area contributed by atoms with E-state index in [1.54, 1.807) is 0 Å². The molecule has 0 aliphatic rings. The molecule has 1 N–H and O–H groups in total. The minimum Gasteiger partial charge on any atom is -0.465 e. The summed E-state index contributed by atoms with van der Waals surface area (Å²) in [5.74, 6) is 0.423. The third-order valence-corrected chi connectivity index (χ3v) is 2.91. The molecule has 17 heavy (non-hydrogen) atoms. The normalized spacial score (nSPS) is 14.7. The molecule has 0 saturated carbocycles. The Morgan fingerprint density at radius 1 is 1.29 bits per heavy atom. The van der Waals surface area contributed by atoms with Crippen LogP contribution in [0.2, 0.25) is 0 Å². The number of carbonyl (C=O) groups excluding carboxylic acids is 1. The molecule has 0 spiro atoms. The molecule has 0 heterocycles. The van der Waals surface area contributed by atoms with Crippen molar-refractivity contribution in [1.29, 1.82) is 0 Å². The van der Waals surface area contributed by atoms with Gasteiger partial charge in [-0.25, -0.2) is 0 Å². The molecule has 3 nitrogen and oxygen atoms in total. The predicted octanol–water partition coefficient (Wildman–Crippen LogP) is 3.13. The largest absolute Gasteiger partial charge is 0.465 e. The number of esters is 1. The number of hydrogen-bond donors (Lipinski definition) is 1. The van der Waals surface area contributed by atoms with Gasteiger partial charge in [-0.3, -0.25) is 4.79 Å². The summed E-state index contributed by atoms with van der Waals surface area (Å²) in [6, 6.07) is 0. The molecule has 0 aliphatic heterocycles. The Labute approximate surface area is 106 Å². The lowest BCUT2D eigenvalue weighted by Gasteiger charge is -2.29. The van der Waals surface area contributed by atoms with Gasteiger partial charge in [0.1, 0.15) is 5.54 Å². The molecule has 0 aromatic heterocycles. The molecule has 1 atom stereocenters. The lowest BCUT2D eigenvalue weighted by Crippen LogP contribution is -2.51. The number of nitrogens with one attached hydrogen (secondary N) is 1. The minimum absolute atomic E-state index is 0.114. The Bertz CT molecular complexity index is 216. The van der Waals surface area contributed by atoms with Gasteiger partial charge in [0.25, 0.3) is 0 Å². The maximum atomic E-state index is 12.0. The fourth-order valence-corrected chi connectivity index (χ4v) is 1.71. The Kier molecular flexibility index (Phi) is 8.23. The number of unbranched alkanes of at least 4 members (excludes halogenated alkanes) is 2. The van der Waals surface area contributed by atoms with Gasteiger partial charge in [0.15, 0.2) is 0 Å². The molecule has 0 aromatic carbocycles. The Balaban J connectivity index is 4.38. The maximum absolute atomic E-state index is 12.0. The first kappa shape index (κ1) is 16.4. The monoisotopic (exact) mass is 243 g/mol. The van der Waals surface area contributed by atoms with E-state index in [9.17, 15) is 4.79 Å². The molecular formula is C14H29NO2. The summed E-state index contributed by atoms with van der Waals surface area (Å²) in [6.07, 6.45) is 4.25. The van der Waals surface area contributed by atoms with Gasteiger partial charge in [-0.05, 0) is 32.7 Å². The highest BCUT2D eigenvalue weighted by Crippen LogP contribution is 2.17.